The SMILES string of the molecule is NNC(Cc1cc(F)cc(F)c1)c1cccc(F)c1F. The van der Waals surface area contributed by atoms with Crippen molar-refractivity contribution in [3.8, 4) is 0 Å². The van der Waals surface area contributed by atoms with Gasteiger partial charge in [-0.05, 0) is 30.2 Å². The summed E-state index contributed by atoms with van der Waals surface area (Å²) in [4.78, 5) is 0. The van der Waals surface area contributed by atoms with Gasteiger partial charge in [0.1, 0.15) is 11.6 Å². The van der Waals surface area contributed by atoms with Crippen LogP contribution in [0, 0.1) is 23.3 Å². The number of nitrogens with one attached hydrogen (secondary N) is 1. The Hall–Kier alpha value is -1.92. The molecule has 0 amide bonds. The van der Waals surface area contributed by atoms with Gasteiger partial charge in [0.15, 0.2) is 11.6 Å². The fraction of sp³-hybridized carbons (Fsp3) is 0.143. The minimum absolute atomic E-state index is 0.00262. The predicted molar refractivity (Wildman–Crippen MR) is 66.5 cm³/mol. The summed E-state index contributed by atoms with van der Waals surface area (Å²) in [5, 5.41) is 0. The zero-order valence-corrected chi connectivity index (χ0v) is 10.3. The molecule has 3 N–H and O–H groups in total. The highest BCUT2D eigenvalue weighted by molar-refractivity contribution is 5.26. The Bertz CT molecular complexity index is 596. The number of hydrogen-bond acceptors (Lipinski definition) is 2. The molecule has 2 aromatic rings. The molecule has 0 aliphatic rings. The molecule has 6 heteroatoms. The number of hydrazine groups is 1. The van der Waals surface area contributed by atoms with E-state index in [1.54, 1.807) is 0 Å². The number of rotatable bonds is 4. The van der Waals surface area contributed by atoms with Crippen molar-refractivity contribution in [1.82, 2.24) is 5.43 Å². The Labute approximate surface area is 113 Å². The van der Waals surface area contributed by atoms with Crippen LogP contribution < -0.4 is 11.3 Å². The molecule has 0 fully saturated rings. The maximum atomic E-state index is 13.7. The van der Waals surface area contributed by atoms with Crippen LogP contribution in [0.4, 0.5) is 17.6 Å². The minimum Gasteiger partial charge on any atom is -0.271 e. The van der Waals surface area contributed by atoms with Gasteiger partial charge >= 0.3 is 0 Å². The summed E-state index contributed by atoms with van der Waals surface area (Å²) in [6.45, 7) is 0. The molecule has 0 bridgehead atoms. The average Bonchev–Trinajstić information content (AvgIpc) is 2.38. The van der Waals surface area contributed by atoms with Gasteiger partial charge in [0.05, 0.1) is 6.04 Å². The number of nitrogens with two attached hydrogens (primary N) is 1. The van der Waals surface area contributed by atoms with Crippen molar-refractivity contribution in [1.29, 1.82) is 0 Å². The fourth-order valence-corrected chi connectivity index (χ4v) is 2.01. The highest BCUT2D eigenvalue weighted by Crippen LogP contribution is 2.23. The van der Waals surface area contributed by atoms with Crippen molar-refractivity contribution < 1.29 is 17.6 Å². The predicted octanol–water partition coefficient (Wildman–Crippen LogP) is 2.99. The number of hydrogen-bond donors (Lipinski definition) is 2. The van der Waals surface area contributed by atoms with Crippen molar-refractivity contribution in [2.75, 3.05) is 0 Å². The lowest BCUT2D eigenvalue weighted by atomic mass is 9.98. The molecule has 2 rings (SSSR count). The van der Waals surface area contributed by atoms with Crippen molar-refractivity contribution >= 4 is 0 Å². The van der Waals surface area contributed by atoms with Crippen molar-refractivity contribution in [2.45, 2.75) is 12.5 Å². The highest BCUT2D eigenvalue weighted by atomic mass is 19.2. The van der Waals surface area contributed by atoms with E-state index in [1.807, 2.05) is 0 Å². The molecular formula is C14H12F4N2. The highest BCUT2D eigenvalue weighted by Gasteiger charge is 2.18. The minimum atomic E-state index is -1.03. The summed E-state index contributed by atoms with van der Waals surface area (Å²) in [7, 11) is 0. The molecule has 0 aliphatic carbocycles. The molecule has 0 spiro atoms. The lowest BCUT2D eigenvalue weighted by Crippen LogP contribution is -2.30. The van der Waals surface area contributed by atoms with Crippen LogP contribution in [0.2, 0.25) is 0 Å². The third-order valence-electron chi connectivity index (χ3n) is 2.92. The van der Waals surface area contributed by atoms with Crippen LogP contribution >= 0.6 is 0 Å². The topological polar surface area (TPSA) is 38.0 Å². The van der Waals surface area contributed by atoms with E-state index in [0.717, 1.165) is 24.3 Å². The first-order chi connectivity index (χ1) is 9.51. The van der Waals surface area contributed by atoms with Crippen LogP contribution in [-0.4, -0.2) is 0 Å². The molecule has 1 atom stereocenters. The summed E-state index contributed by atoms with van der Waals surface area (Å²) in [5.41, 5.74) is 2.61. The second-order valence-electron chi connectivity index (χ2n) is 4.34. The molecule has 2 nitrogen and oxygen atoms in total. The summed E-state index contributed by atoms with van der Waals surface area (Å²) < 4.78 is 53.1. The van der Waals surface area contributed by atoms with Gasteiger partial charge < -0.3 is 0 Å². The first kappa shape index (κ1) is 14.5. The maximum Gasteiger partial charge on any atom is 0.163 e. The maximum absolute atomic E-state index is 13.7. The quantitative estimate of drug-likeness (QED) is 0.514. The number of benzene rings is 2. The van der Waals surface area contributed by atoms with Crippen LogP contribution in [-0.2, 0) is 6.42 Å². The zero-order valence-electron chi connectivity index (χ0n) is 10.3. The Morgan fingerprint density at radius 3 is 2.25 bits per heavy atom. The van der Waals surface area contributed by atoms with E-state index in [9.17, 15) is 17.6 Å². The normalized spacial score (nSPS) is 12.4. The summed E-state index contributed by atoms with van der Waals surface area (Å²) in [6.07, 6.45) is 0.0194. The molecule has 0 radical (unpaired) electrons. The van der Waals surface area contributed by atoms with Crippen LogP contribution in [0.3, 0.4) is 0 Å². The summed E-state index contributed by atoms with van der Waals surface area (Å²) >= 11 is 0. The molecule has 0 saturated carbocycles. The lowest BCUT2D eigenvalue weighted by Gasteiger charge is -2.17. The van der Waals surface area contributed by atoms with Gasteiger partial charge in [-0.15, -0.1) is 0 Å². The smallest absolute Gasteiger partial charge is 0.163 e. The van der Waals surface area contributed by atoms with E-state index in [2.05, 4.69) is 5.43 Å². The Kier molecular flexibility index (Phi) is 4.36. The van der Waals surface area contributed by atoms with Crippen molar-refractivity contribution in [3.05, 3.63) is 70.8 Å². The van der Waals surface area contributed by atoms with Crippen LogP contribution in [0.25, 0.3) is 0 Å². The molecule has 0 aliphatic heterocycles. The largest absolute Gasteiger partial charge is 0.271 e. The second kappa shape index (κ2) is 6.02. The van der Waals surface area contributed by atoms with E-state index in [-0.39, 0.29) is 17.5 Å². The van der Waals surface area contributed by atoms with Gasteiger partial charge in [-0.25, -0.2) is 17.6 Å². The van der Waals surface area contributed by atoms with E-state index in [1.165, 1.54) is 12.1 Å². The Morgan fingerprint density at radius 1 is 1.00 bits per heavy atom. The third kappa shape index (κ3) is 3.15. The van der Waals surface area contributed by atoms with Crippen LogP contribution in [0.15, 0.2) is 36.4 Å². The second-order valence-corrected chi connectivity index (χ2v) is 4.34. The first-order valence-electron chi connectivity index (χ1n) is 5.86. The molecule has 0 saturated heterocycles. The fourth-order valence-electron chi connectivity index (χ4n) is 2.01. The van der Waals surface area contributed by atoms with Crippen molar-refractivity contribution in [3.63, 3.8) is 0 Å². The molecule has 0 heterocycles. The molecule has 1 unspecified atom stereocenters. The summed E-state index contributed by atoms with van der Waals surface area (Å²) in [6, 6.07) is 5.84. The monoisotopic (exact) mass is 284 g/mol. The van der Waals surface area contributed by atoms with E-state index in [0.29, 0.717) is 0 Å². The molecule has 106 valence electrons. The van der Waals surface area contributed by atoms with Crippen LogP contribution in [0.1, 0.15) is 17.2 Å². The van der Waals surface area contributed by atoms with E-state index >= 15 is 0 Å². The lowest BCUT2D eigenvalue weighted by molar-refractivity contribution is 0.463. The van der Waals surface area contributed by atoms with E-state index in [4.69, 9.17) is 5.84 Å². The van der Waals surface area contributed by atoms with Crippen LogP contribution in [0.5, 0.6) is 0 Å². The Balaban J connectivity index is 2.31. The van der Waals surface area contributed by atoms with Gasteiger partial charge in [0, 0.05) is 11.6 Å². The molecular weight excluding hydrogens is 272 g/mol. The van der Waals surface area contributed by atoms with Crippen molar-refractivity contribution in [2.24, 2.45) is 5.84 Å². The third-order valence-corrected chi connectivity index (χ3v) is 2.92. The first-order valence-corrected chi connectivity index (χ1v) is 5.86. The molecule has 2 aromatic carbocycles. The van der Waals surface area contributed by atoms with Gasteiger partial charge in [-0.3, -0.25) is 11.3 Å². The van der Waals surface area contributed by atoms with Gasteiger partial charge in [0.25, 0.3) is 0 Å². The Morgan fingerprint density at radius 2 is 1.65 bits per heavy atom. The van der Waals surface area contributed by atoms with E-state index < -0.39 is 29.3 Å². The van der Waals surface area contributed by atoms with Gasteiger partial charge in [0.2, 0.25) is 0 Å². The standard InChI is InChI=1S/C14H12F4N2/c15-9-4-8(5-10(16)7-9)6-13(20-19)11-2-1-3-12(17)14(11)18/h1-5,7,13,20H,6,19H2. The molecule has 20 heavy (non-hydrogen) atoms. The number of halogens is 4. The average molecular weight is 284 g/mol. The van der Waals surface area contributed by atoms with Gasteiger partial charge in [-0.2, -0.15) is 0 Å². The molecule has 0 aromatic heterocycles. The summed E-state index contributed by atoms with van der Waals surface area (Å²) in [5.74, 6) is 1.80. The zero-order chi connectivity index (χ0) is 14.7. The van der Waals surface area contributed by atoms with Gasteiger partial charge in [-0.1, -0.05) is 12.1 Å².